The minimum Gasteiger partial charge on any atom is -0.506 e. The first-order valence-corrected chi connectivity index (χ1v) is 16.9. The van der Waals surface area contributed by atoms with E-state index in [0.717, 1.165) is 22.2 Å². The summed E-state index contributed by atoms with van der Waals surface area (Å²) in [6.45, 7) is 13.0. The number of phenols is 2. The molecule has 8 aromatic rings. The quantitative estimate of drug-likeness (QED) is 0.129. The van der Waals surface area contributed by atoms with Crippen molar-refractivity contribution in [3.8, 4) is 22.9 Å². The van der Waals surface area contributed by atoms with Crippen LogP contribution in [0.3, 0.4) is 0 Å². The number of aromatic nitrogens is 6. The summed E-state index contributed by atoms with van der Waals surface area (Å²) < 4.78 is 24.0. The zero-order valence-corrected chi connectivity index (χ0v) is 29.4. The van der Waals surface area contributed by atoms with E-state index in [1.807, 2.05) is 64.5 Å². The average Bonchev–Trinajstić information content (AvgIpc) is 3.93. The molecule has 0 saturated carbocycles. The van der Waals surface area contributed by atoms with Gasteiger partial charge in [-0.1, -0.05) is 65.8 Å². The van der Waals surface area contributed by atoms with Gasteiger partial charge < -0.3 is 24.4 Å². The predicted octanol–water partition coefficient (Wildman–Crippen LogP) is 6.19. The first-order valence-electron chi connectivity index (χ1n) is 16.9. The Balaban J connectivity index is 0.853. The van der Waals surface area contributed by atoms with Crippen molar-refractivity contribution in [1.82, 2.24) is 28.1 Å². The highest BCUT2D eigenvalue weighted by molar-refractivity contribution is 6.04. The van der Waals surface area contributed by atoms with Gasteiger partial charge in [-0.25, -0.2) is 9.59 Å². The fraction of sp³-hybridized carbons (Fsp3) is 0.316. The van der Waals surface area contributed by atoms with Gasteiger partial charge in [0.25, 0.3) is 0 Å². The maximum absolute atomic E-state index is 13.0. The lowest BCUT2D eigenvalue weighted by molar-refractivity contribution is 0.0152. The molecule has 13 heteroatoms. The van der Waals surface area contributed by atoms with E-state index in [1.54, 1.807) is 36.4 Å². The second-order valence-corrected chi connectivity index (χ2v) is 14.9. The lowest BCUT2D eigenvalue weighted by Crippen LogP contribution is -2.16. The van der Waals surface area contributed by atoms with Gasteiger partial charge in [-0.2, -0.15) is 0 Å². The molecule has 13 nitrogen and oxygen atoms in total. The van der Waals surface area contributed by atoms with Gasteiger partial charge in [0.1, 0.15) is 58.2 Å². The minimum atomic E-state index is -0.487. The number of para-hydroxylation sites is 2. The second-order valence-electron chi connectivity index (χ2n) is 14.9. The van der Waals surface area contributed by atoms with Crippen LogP contribution >= 0.6 is 0 Å². The van der Waals surface area contributed by atoms with E-state index >= 15 is 0 Å². The van der Waals surface area contributed by atoms with Crippen molar-refractivity contribution in [3.05, 3.63) is 95.1 Å². The molecule has 0 unspecified atom stereocenters. The van der Waals surface area contributed by atoms with Gasteiger partial charge in [0, 0.05) is 0 Å². The van der Waals surface area contributed by atoms with E-state index in [2.05, 4.69) is 41.5 Å². The predicted molar refractivity (Wildman–Crippen MR) is 190 cm³/mol. The third-order valence-corrected chi connectivity index (χ3v) is 9.35. The lowest BCUT2D eigenvalue weighted by Gasteiger charge is -2.19. The topological polar surface area (TPSA) is 130 Å². The van der Waals surface area contributed by atoms with Crippen molar-refractivity contribution in [3.63, 3.8) is 0 Å². The van der Waals surface area contributed by atoms with Gasteiger partial charge in [0.05, 0.1) is 24.3 Å². The SMILES string of the molecule is CC(C)(C)c1ccc(O)c(-n2n3c4cccc(C(=O)OCCOCCOC(=O)c5cccc6c5n5n(-c7cc(C(C)(C)C)ccc7O)n65)c4n23)c1. The van der Waals surface area contributed by atoms with E-state index in [9.17, 15) is 19.8 Å². The fourth-order valence-electron chi connectivity index (χ4n) is 6.44. The Hall–Kier alpha value is -5.82. The molecular formula is C38H40N6O7. The third-order valence-electron chi connectivity index (χ3n) is 9.35. The van der Waals surface area contributed by atoms with Crippen molar-refractivity contribution >= 4 is 34.0 Å². The highest BCUT2D eigenvalue weighted by atomic mass is 16.6. The largest absolute Gasteiger partial charge is 0.506 e. The fourth-order valence-corrected chi connectivity index (χ4v) is 6.44. The number of ether oxygens (including phenoxy) is 3. The summed E-state index contributed by atoms with van der Waals surface area (Å²) in [7, 11) is 0. The van der Waals surface area contributed by atoms with Crippen molar-refractivity contribution in [2.24, 2.45) is 0 Å². The van der Waals surface area contributed by atoms with Crippen LogP contribution in [0.1, 0.15) is 73.4 Å². The van der Waals surface area contributed by atoms with E-state index in [1.165, 1.54) is 0 Å². The van der Waals surface area contributed by atoms with Crippen LogP contribution in [-0.4, -0.2) is 76.7 Å². The summed E-state index contributed by atoms with van der Waals surface area (Å²) in [5, 5.41) is 21.2. The Kier molecular flexibility index (Phi) is 7.21. The van der Waals surface area contributed by atoms with Gasteiger partial charge in [-0.05, 0) is 70.5 Å². The monoisotopic (exact) mass is 692 g/mol. The number of carbonyl (C=O) groups is 2. The van der Waals surface area contributed by atoms with Crippen molar-refractivity contribution < 1.29 is 34.0 Å². The molecule has 2 N–H and O–H groups in total. The number of phenolic OH excluding ortho intramolecular Hbond substituents is 2. The lowest BCUT2D eigenvalue weighted by atomic mass is 9.87. The zero-order chi connectivity index (χ0) is 36.0. The summed E-state index contributed by atoms with van der Waals surface area (Å²) in [6, 6.07) is 21.9. The van der Waals surface area contributed by atoms with Crippen molar-refractivity contribution in [2.75, 3.05) is 26.4 Å². The average molecular weight is 693 g/mol. The van der Waals surface area contributed by atoms with Crippen LogP contribution in [0.2, 0.25) is 0 Å². The standard InChI is InChI=1S/C38H40N6O7/c1-37(2,3)23-13-15-31(45)29(21-23)41-39-27-11-7-9-25(33(27)43(39)41)35(47)50-19-17-49-18-20-51-36(48)26-10-8-12-28-34(26)44-40(28)42(44)30-22-24(38(4,5)6)14-16-32(30)46/h7-16,21-22,45-46H,17-20H2,1-6H3. The molecular weight excluding hydrogens is 652 g/mol. The van der Waals surface area contributed by atoms with Gasteiger partial charge in [-0.3, -0.25) is 0 Å². The van der Waals surface area contributed by atoms with Gasteiger partial charge in [0.2, 0.25) is 0 Å². The molecule has 4 aromatic heterocycles. The summed E-state index contributed by atoms with van der Waals surface area (Å²) in [5.74, 6) is -0.685. The first-order chi connectivity index (χ1) is 24.3. The second kappa shape index (κ2) is 11.4. The molecule has 4 heterocycles. The molecule has 51 heavy (non-hydrogen) atoms. The summed E-state index contributed by atoms with van der Waals surface area (Å²) >= 11 is 0. The normalized spacial score (nSPS) is 12.8. The highest BCUT2D eigenvalue weighted by Gasteiger charge is 2.32. The Labute approximate surface area is 292 Å². The summed E-state index contributed by atoms with van der Waals surface area (Å²) in [4.78, 5) is 29.7. The van der Waals surface area contributed by atoms with E-state index < -0.39 is 11.9 Å². The molecule has 0 aliphatic rings. The number of hydrogen-bond acceptors (Lipinski definition) is 7. The minimum absolute atomic E-state index is 0.0222. The highest BCUT2D eigenvalue weighted by Crippen LogP contribution is 2.37. The number of carbonyl (C=O) groups excluding carboxylic acids is 2. The van der Waals surface area contributed by atoms with Crippen LogP contribution in [0.15, 0.2) is 72.8 Å². The molecule has 0 aliphatic heterocycles. The maximum atomic E-state index is 13.0. The van der Waals surface area contributed by atoms with Crippen LogP contribution in [0.4, 0.5) is 0 Å². The number of aromatic hydroxyl groups is 2. The van der Waals surface area contributed by atoms with Gasteiger partial charge >= 0.3 is 11.9 Å². The molecule has 0 amide bonds. The molecule has 0 fully saturated rings. The molecule has 4 aromatic carbocycles. The number of esters is 2. The molecule has 0 saturated heterocycles. The smallest absolute Gasteiger partial charge is 0.340 e. The molecule has 8 rings (SSSR count). The maximum Gasteiger partial charge on any atom is 0.340 e. The zero-order valence-electron chi connectivity index (χ0n) is 29.4. The molecule has 0 atom stereocenters. The number of fused-ring (bicyclic) bond motifs is 8. The van der Waals surface area contributed by atoms with Gasteiger partial charge in [0.15, 0.2) is 0 Å². The van der Waals surface area contributed by atoms with Crippen LogP contribution in [0, 0.1) is 0 Å². The number of rotatable bonds is 10. The van der Waals surface area contributed by atoms with Crippen LogP contribution in [-0.2, 0) is 25.0 Å². The summed E-state index contributed by atoms with van der Waals surface area (Å²) in [6.07, 6.45) is 0. The molecule has 0 bridgehead atoms. The Morgan fingerprint density at radius 2 is 0.980 bits per heavy atom. The Morgan fingerprint density at radius 3 is 1.37 bits per heavy atom. The number of nitrogens with zero attached hydrogens (tertiary/aromatic N) is 6. The van der Waals surface area contributed by atoms with E-state index in [4.69, 9.17) is 14.2 Å². The Bertz CT molecular complexity index is 2380. The van der Waals surface area contributed by atoms with Crippen LogP contribution in [0.5, 0.6) is 11.5 Å². The molecule has 0 radical (unpaired) electrons. The summed E-state index contributed by atoms with van der Waals surface area (Å²) in [5.41, 5.74) is 7.13. The molecule has 0 aliphatic carbocycles. The van der Waals surface area contributed by atoms with Gasteiger partial charge in [-0.15, -0.1) is 28.1 Å². The van der Waals surface area contributed by atoms with Crippen LogP contribution in [0.25, 0.3) is 33.4 Å². The van der Waals surface area contributed by atoms with E-state index in [0.29, 0.717) is 33.5 Å². The van der Waals surface area contributed by atoms with Crippen molar-refractivity contribution in [2.45, 2.75) is 52.4 Å². The number of hydrogen-bond donors (Lipinski definition) is 2. The third kappa shape index (κ3) is 5.27. The molecule has 0 spiro atoms. The number of benzene rings is 4. The van der Waals surface area contributed by atoms with Crippen LogP contribution < -0.4 is 0 Å². The van der Waals surface area contributed by atoms with E-state index in [-0.39, 0.29) is 48.8 Å². The van der Waals surface area contributed by atoms with Crippen molar-refractivity contribution in [1.29, 1.82) is 0 Å². The Morgan fingerprint density at radius 1 is 0.569 bits per heavy atom. The molecule has 264 valence electrons. The first kappa shape index (κ1) is 32.4.